The van der Waals surface area contributed by atoms with Gasteiger partial charge >= 0.3 is 0 Å². The molecule has 2 unspecified atom stereocenters. The lowest BCUT2D eigenvalue weighted by Crippen LogP contribution is -2.26. The second kappa shape index (κ2) is 10.4. The largest absolute Gasteiger partial charge is 0.508 e. The zero-order chi connectivity index (χ0) is 27.0. The van der Waals surface area contributed by atoms with Crippen molar-refractivity contribution in [2.45, 2.75) is 20.4 Å². The van der Waals surface area contributed by atoms with Crippen LogP contribution in [-0.4, -0.2) is 25.4 Å². The Hall–Kier alpha value is -3.92. The second-order valence-corrected chi connectivity index (χ2v) is 10.3. The number of aryl methyl sites for hydroxylation is 2. The van der Waals surface area contributed by atoms with E-state index in [0.29, 0.717) is 27.8 Å². The van der Waals surface area contributed by atoms with Crippen LogP contribution in [0.3, 0.4) is 0 Å². The fraction of sp³-hybridized carbons (Fsp3) is 0.103. The minimum absolute atomic E-state index is 0.0719. The number of phenolic OH excluding ortho intramolecular Hbond substituents is 1. The summed E-state index contributed by atoms with van der Waals surface area (Å²) < 4.78 is 1.75. The molecule has 0 saturated carbocycles. The van der Waals surface area contributed by atoms with Crippen LogP contribution in [0, 0.1) is 19.3 Å². The monoisotopic (exact) mass is 539 g/mol. The molecule has 2 atom stereocenters. The standard InChI is InChI=1S/C29H27N5O2P2/c1-16-6-3-4-9-23(16)34-20(10-18-8-5-7-17(2)24(18)29(34)36)14-31-27-25(28(38)33-15-32-27)26(30)19-11-21(35)13-22(37)12-19/h3-13,15,30,35H,14,37-38H2,1-2H3,(H,31,32,33). The number of rotatable bonds is 6. The van der Waals surface area contributed by atoms with Crippen molar-refractivity contribution in [1.82, 2.24) is 14.5 Å². The Morgan fingerprint density at radius 1 is 1.00 bits per heavy atom. The molecule has 0 bridgehead atoms. The number of hydrogen-bond acceptors (Lipinski definition) is 6. The van der Waals surface area contributed by atoms with Crippen molar-refractivity contribution in [3.63, 3.8) is 0 Å². The van der Waals surface area contributed by atoms with Gasteiger partial charge in [0.15, 0.2) is 0 Å². The van der Waals surface area contributed by atoms with E-state index in [4.69, 9.17) is 5.41 Å². The van der Waals surface area contributed by atoms with Crippen LogP contribution in [0.1, 0.15) is 27.9 Å². The van der Waals surface area contributed by atoms with Gasteiger partial charge in [-0.05, 0) is 66.0 Å². The number of aromatic hydroxyl groups is 1. The molecule has 0 fully saturated rings. The Morgan fingerprint density at radius 3 is 2.53 bits per heavy atom. The average Bonchev–Trinajstić information content (AvgIpc) is 2.87. The molecule has 0 radical (unpaired) electrons. The summed E-state index contributed by atoms with van der Waals surface area (Å²) in [4.78, 5) is 22.6. The van der Waals surface area contributed by atoms with Crippen LogP contribution in [0.2, 0.25) is 0 Å². The minimum atomic E-state index is -0.0816. The predicted molar refractivity (Wildman–Crippen MR) is 161 cm³/mol. The van der Waals surface area contributed by atoms with E-state index in [9.17, 15) is 9.90 Å². The summed E-state index contributed by atoms with van der Waals surface area (Å²) in [5, 5.41) is 24.6. The molecule has 0 amide bonds. The molecule has 3 aromatic carbocycles. The SMILES string of the molecule is Cc1ccccc1-n1c(CNc2ncnc(P)c2C(=N)c2cc(O)cc(P)c2)cc2cccc(C)c2c1=O. The molecule has 0 aliphatic rings. The predicted octanol–water partition coefficient (Wildman–Crippen LogP) is 4.13. The zero-order valence-corrected chi connectivity index (χ0v) is 23.3. The number of nitrogens with zero attached hydrogens (tertiary/aromatic N) is 3. The number of phenols is 1. The number of aromatic nitrogens is 3. The summed E-state index contributed by atoms with van der Waals surface area (Å²) in [6.07, 6.45) is 1.43. The molecule has 0 aliphatic carbocycles. The smallest absolute Gasteiger partial charge is 0.263 e. The summed E-state index contributed by atoms with van der Waals surface area (Å²) in [6.45, 7) is 4.22. The molecule has 0 spiro atoms. The summed E-state index contributed by atoms with van der Waals surface area (Å²) in [6, 6.07) is 20.6. The second-order valence-electron chi connectivity index (χ2n) is 9.13. The molecule has 5 rings (SSSR count). The maximum absolute atomic E-state index is 13.9. The number of para-hydroxylation sites is 1. The van der Waals surface area contributed by atoms with Gasteiger partial charge in [0.25, 0.3) is 5.56 Å². The summed E-state index contributed by atoms with van der Waals surface area (Å²) in [5.74, 6) is 0.527. The van der Waals surface area contributed by atoms with Gasteiger partial charge in [-0.2, -0.15) is 0 Å². The van der Waals surface area contributed by atoms with Crippen LogP contribution in [0.4, 0.5) is 5.82 Å². The fourth-order valence-corrected chi connectivity index (χ4v) is 5.37. The third-order valence-corrected chi connectivity index (χ3v) is 7.25. The number of pyridine rings is 1. The van der Waals surface area contributed by atoms with Crippen molar-refractivity contribution in [2.24, 2.45) is 0 Å². The van der Waals surface area contributed by atoms with Crippen molar-refractivity contribution in [3.05, 3.63) is 111 Å². The van der Waals surface area contributed by atoms with Crippen LogP contribution in [0.25, 0.3) is 16.5 Å². The molecule has 190 valence electrons. The number of hydrogen-bond donors (Lipinski definition) is 3. The third-order valence-electron chi connectivity index (χ3n) is 6.48. The van der Waals surface area contributed by atoms with Crippen LogP contribution in [-0.2, 0) is 6.54 Å². The van der Waals surface area contributed by atoms with Crippen molar-refractivity contribution < 1.29 is 5.11 Å². The van der Waals surface area contributed by atoms with Gasteiger partial charge < -0.3 is 10.4 Å². The summed E-state index contributed by atoms with van der Waals surface area (Å²) in [7, 11) is 5.09. The molecule has 5 aromatic rings. The number of nitrogens with one attached hydrogen (secondary N) is 2. The summed E-state index contributed by atoms with van der Waals surface area (Å²) in [5.41, 5.74) is 5.15. The van der Waals surface area contributed by atoms with E-state index < -0.39 is 0 Å². The van der Waals surface area contributed by atoms with Crippen molar-refractivity contribution in [3.8, 4) is 11.4 Å². The Balaban J connectivity index is 1.61. The molecule has 3 N–H and O–H groups in total. The molecular formula is C29H27N5O2P2. The van der Waals surface area contributed by atoms with Gasteiger partial charge in [0.2, 0.25) is 0 Å². The highest BCUT2D eigenvalue weighted by atomic mass is 31.0. The lowest BCUT2D eigenvalue weighted by Gasteiger charge is -2.19. The Morgan fingerprint density at radius 2 is 1.76 bits per heavy atom. The highest BCUT2D eigenvalue weighted by Crippen LogP contribution is 2.23. The number of anilines is 1. The maximum Gasteiger partial charge on any atom is 0.263 e. The first-order valence-corrected chi connectivity index (χ1v) is 13.1. The van der Waals surface area contributed by atoms with Gasteiger partial charge in [-0.1, -0.05) is 45.6 Å². The van der Waals surface area contributed by atoms with Crippen LogP contribution in [0.15, 0.2) is 77.9 Å². The van der Waals surface area contributed by atoms with Gasteiger partial charge in [0.1, 0.15) is 17.9 Å². The molecule has 2 aromatic heterocycles. The van der Waals surface area contributed by atoms with E-state index in [1.165, 1.54) is 12.4 Å². The molecule has 7 nitrogen and oxygen atoms in total. The zero-order valence-electron chi connectivity index (χ0n) is 21.0. The molecule has 38 heavy (non-hydrogen) atoms. The van der Waals surface area contributed by atoms with Crippen molar-refractivity contribution >= 4 is 51.5 Å². The molecule has 0 aliphatic heterocycles. The van der Waals surface area contributed by atoms with Gasteiger partial charge in [-0.15, -0.1) is 9.24 Å². The van der Waals surface area contributed by atoms with Crippen LogP contribution in [0.5, 0.6) is 5.75 Å². The van der Waals surface area contributed by atoms with E-state index in [2.05, 4.69) is 33.8 Å². The normalized spacial score (nSPS) is 11.1. The first kappa shape index (κ1) is 25.7. The average molecular weight is 540 g/mol. The quantitative estimate of drug-likeness (QED) is 0.222. The maximum atomic E-state index is 13.9. The molecule has 9 heteroatoms. The molecule has 0 saturated heterocycles. The highest BCUT2D eigenvalue weighted by molar-refractivity contribution is 7.27. The van der Waals surface area contributed by atoms with Crippen molar-refractivity contribution in [2.75, 3.05) is 5.32 Å². The van der Waals surface area contributed by atoms with Gasteiger partial charge in [0, 0.05) is 11.3 Å². The van der Waals surface area contributed by atoms with Crippen LogP contribution >= 0.6 is 18.5 Å². The first-order valence-electron chi connectivity index (χ1n) is 12.0. The minimum Gasteiger partial charge on any atom is -0.508 e. The number of benzene rings is 3. The first-order chi connectivity index (χ1) is 18.2. The topological polar surface area (TPSA) is 104 Å². The fourth-order valence-electron chi connectivity index (χ4n) is 4.67. The van der Waals surface area contributed by atoms with Crippen LogP contribution < -0.4 is 21.6 Å². The lowest BCUT2D eigenvalue weighted by molar-refractivity contribution is 0.476. The van der Waals surface area contributed by atoms with E-state index in [1.807, 2.05) is 62.4 Å². The van der Waals surface area contributed by atoms with Gasteiger partial charge in [-0.3, -0.25) is 14.8 Å². The Labute approximate surface area is 224 Å². The van der Waals surface area contributed by atoms with Gasteiger partial charge in [0.05, 0.1) is 34.3 Å². The van der Waals surface area contributed by atoms with Gasteiger partial charge in [-0.25, -0.2) is 9.97 Å². The van der Waals surface area contributed by atoms with E-state index in [1.54, 1.807) is 16.7 Å². The number of fused-ring (bicyclic) bond motifs is 1. The summed E-state index contributed by atoms with van der Waals surface area (Å²) >= 11 is 0. The highest BCUT2D eigenvalue weighted by Gasteiger charge is 2.19. The van der Waals surface area contributed by atoms with E-state index in [-0.39, 0.29) is 23.6 Å². The Bertz CT molecular complexity index is 1760. The van der Waals surface area contributed by atoms with Crippen molar-refractivity contribution in [1.29, 1.82) is 5.41 Å². The third kappa shape index (κ3) is 4.83. The Kier molecular flexibility index (Phi) is 7.07. The molecular weight excluding hydrogens is 512 g/mol. The molecule has 2 heterocycles. The lowest BCUT2D eigenvalue weighted by atomic mass is 10.0. The van der Waals surface area contributed by atoms with E-state index >= 15 is 0 Å². The van der Waals surface area contributed by atoms with E-state index in [0.717, 1.165) is 33.2 Å².